The van der Waals surface area contributed by atoms with Crippen molar-refractivity contribution in [2.45, 2.75) is 34.6 Å². The first-order chi connectivity index (χ1) is 4.15. The Kier molecular flexibility index (Phi) is 77.2. The summed E-state index contributed by atoms with van der Waals surface area (Å²) in [5.41, 5.74) is 0. The third kappa shape index (κ3) is 3520. The quantitative estimate of drug-likeness (QED) is 0.643. The Balaban J connectivity index is -0.0000000273. The van der Waals surface area contributed by atoms with E-state index in [0.717, 1.165) is 5.92 Å². The molecule has 0 saturated carbocycles. The van der Waals surface area contributed by atoms with Gasteiger partial charge in [0.05, 0.1) is 0 Å². The van der Waals surface area contributed by atoms with Crippen LogP contribution in [-0.2, 0) is 21.1 Å². The van der Waals surface area contributed by atoms with Gasteiger partial charge in [-0.2, -0.15) is 0 Å². The first-order valence-electron chi connectivity index (χ1n) is 3.59. The molecular weight excluding hydrogens is 294 g/mol. The zero-order valence-electron chi connectivity index (χ0n) is 8.19. The molecular formula is C8H22NW+. The third-order valence-electron chi connectivity index (χ3n) is 0. The number of hydrogen-bond donors (Lipinski definition) is 1. The topological polar surface area (TPSA) is 14.0 Å². The Labute approximate surface area is 80.6 Å². The van der Waals surface area contributed by atoms with Crippen LogP contribution >= 0.6 is 0 Å². The molecule has 0 aromatic carbocycles. The predicted molar refractivity (Wildman–Crippen MR) is 45.9 cm³/mol. The Morgan fingerprint density at radius 3 is 1.10 bits per heavy atom. The van der Waals surface area contributed by atoms with Gasteiger partial charge in [0, 0.05) is 21.1 Å². The van der Waals surface area contributed by atoms with Crippen LogP contribution in [0.4, 0.5) is 0 Å². The standard InChI is InChI=1S/C4H10.C2H5N.C2H6.W/c1-4(2)3;1-3-2;1-2;/h4H,1-3H3;1H2,2H3;1-2H3;/p+1. The summed E-state index contributed by atoms with van der Waals surface area (Å²) in [5.74, 6) is 0.833. The fraction of sp³-hybridized carbons (Fsp3) is 0.875. The second-order valence-electron chi connectivity index (χ2n) is 2.09. The molecule has 0 aromatic heterocycles. The molecule has 0 aliphatic rings. The molecule has 0 aromatic rings. The van der Waals surface area contributed by atoms with E-state index in [1.54, 1.807) is 7.05 Å². The molecule has 0 rings (SSSR count). The van der Waals surface area contributed by atoms with Crippen LogP contribution in [0.2, 0.25) is 0 Å². The maximum Gasteiger partial charge on any atom is 0.130 e. The molecule has 0 unspecified atom stereocenters. The van der Waals surface area contributed by atoms with Crippen LogP contribution in [0.3, 0.4) is 0 Å². The molecule has 0 aliphatic heterocycles. The normalized spacial score (nSPS) is 5.50. The summed E-state index contributed by atoms with van der Waals surface area (Å²) < 4.78 is 0. The molecule has 10 heavy (non-hydrogen) atoms. The molecule has 0 spiro atoms. The van der Waals surface area contributed by atoms with Gasteiger partial charge in [0.15, 0.2) is 0 Å². The molecule has 0 saturated heterocycles. The van der Waals surface area contributed by atoms with Gasteiger partial charge in [-0.05, 0) is 5.92 Å². The Morgan fingerprint density at radius 1 is 1.10 bits per heavy atom. The molecule has 0 radical (unpaired) electrons. The third-order valence-corrected chi connectivity index (χ3v) is 0. The fourth-order valence-corrected chi connectivity index (χ4v) is 0. The second kappa shape index (κ2) is 34.4. The van der Waals surface area contributed by atoms with E-state index in [1.807, 2.05) is 13.8 Å². The second-order valence-corrected chi connectivity index (χ2v) is 2.09. The van der Waals surface area contributed by atoms with Crippen molar-refractivity contribution in [3.63, 3.8) is 0 Å². The van der Waals surface area contributed by atoms with E-state index in [9.17, 15) is 0 Å². The average Bonchev–Trinajstić information content (AvgIpc) is 1.71. The molecule has 1 nitrogen and oxygen atoms in total. The monoisotopic (exact) mass is 316 g/mol. The molecule has 0 heterocycles. The van der Waals surface area contributed by atoms with Gasteiger partial charge >= 0.3 is 0 Å². The minimum absolute atomic E-state index is 0. The van der Waals surface area contributed by atoms with Gasteiger partial charge in [0.25, 0.3) is 0 Å². The minimum Gasteiger partial charge on any atom is -0.257 e. The average molecular weight is 316 g/mol. The smallest absolute Gasteiger partial charge is 0.130 e. The van der Waals surface area contributed by atoms with Crippen LogP contribution in [0.5, 0.6) is 0 Å². The number of nitrogens with one attached hydrogen (secondary N) is 1. The van der Waals surface area contributed by atoms with Crippen molar-refractivity contribution in [1.82, 2.24) is 0 Å². The van der Waals surface area contributed by atoms with Crippen molar-refractivity contribution in [2.24, 2.45) is 5.92 Å². The maximum atomic E-state index is 3.24. The molecule has 0 amide bonds. The summed E-state index contributed by atoms with van der Waals surface area (Å²) >= 11 is 0. The van der Waals surface area contributed by atoms with E-state index in [-0.39, 0.29) is 21.1 Å². The summed E-state index contributed by atoms with van der Waals surface area (Å²) in [6.45, 7) is 13.7. The van der Waals surface area contributed by atoms with Gasteiger partial charge in [-0.15, -0.1) is 0 Å². The molecule has 0 aliphatic carbocycles. The van der Waals surface area contributed by atoms with Crippen LogP contribution in [-0.4, -0.2) is 13.8 Å². The summed E-state index contributed by atoms with van der Waals surface area (Å²) in [6.07, 6.45) is 0. The number of hydrogen-bond acceptors (Lipinski definition) is 0. The maximum absolute atomic E-state index is 3.24. The SMILES string of the molecule is C=[NH+]C.CC.CC(C)C.[W]. The van der Waals surface area contributed by atoms with E-state index < -0.39 is 0 Å². The van der Waals surface area contributed by atoms with Crippen LogP contribution in [0.1, 0.15) is 34.6 Å². The summed E-state index contributed by atoms with van der Waals surface area (Å²) in [4.78, 5) is 2.50. The van der Waals surface area contributed by atoms with Crippen molar-refractivity contribution >= 4 is 6.72 Å². The van der Waals surface area contributed by atoms with Crippen LogP contribution in [0.15, 0.2) is 0 Å². The Bertz CT molecular complexity index is 33.5. The first-order valence-corrected chi connectivity index (χ1v) is 3.59. The number of rotatable bonds is 0. The largest absolute Gasteiger partial charge is 0.257 e. The van der Waals surface area contributed by atoms with Crippen LogP contribution < -0.4 is 4.99 Å². The van der Waals surface area contributed by atoms with Crippen molar-refractivity contribution in [2.75, 3.05) is 7.05 Å². The van der Waals surface area contributed by atoms with Gasteiger partial charge in [-0.1, -0.05) is 34.6 Å². The molecule has 2 heteroatoms. The predicted octanol–water partition coefficient (Wildman–Crippen LogP) is 1.08. The van der Waals surface area contributed by atoms with Crippen LogP contribution in [0, 0.1) is 5.92 Å². The fourth-order valence-electron chi connectivity index (χ4n) is 0. The van der Waals surface area contributed by atoms with Crippen LogP contribution in [0.25, 0.3) is 0 Å². The van der Waals surface area contributed by atoms with E-state index in [0.29, 0.717) is 0 Å². The van der Waals surface area contributed by atoms with Gasteiger partial charge in [0.2, 0.25) is 0 Å². The van der Waals surface area contributed by atoms with E-state index in [2.05, 4.69) is 32.5 Å². The first kappa shape index (κ1) is 22.4. The zero-order chi connectivity index (χ0) is 8.28. The Morgan fingerprint density at radius 2 is 1.10 bits per heavy atom. The molecule has 0 fully saturated rings. The van der Waals surface area contributed by atoms with E-state index >= 15 is 0 Å². The summed E-state index contributed by atoms with van der Waals surface area (Å²) in [6, 6.07) is 0. The van der Waals surface area contributed by atoms with Crippen molar-refractivity contribution in [1.29, 1.82) is 0 Å². The van der Waals surface area contributed by atoms with Gasteiger partial charge in [-0.25, -0.2) is 0 Å². The molecule has 0 bridgehead atoms. The molecule has 64 valence electrons. The zero-order valence-corrected chi connectivity index (χ0v) is 11.1. The van der Waals surface area contributed by atoms with Gasteiger partial charge in [-0.3, -0.25) is 4.99 Å². The van der Waals surface area contributed by atoms with Crippen molar-refractivity contribution in [3.05, 3.63) is 0 Å². The van der Waals surface area contributed by atoms with Gasteiger partial charge < -0.3 is 0 Å². The van der Waals surface area contributed by atoms with E-state index in [4.69, 9.17) is 0 Å². The van der Waals surface area contributed by atoms with Crippen molar-refractivity contribution < 1.29 is 26.1 Å². The molecule has 1 N–H and O–H groups in total. The van der Waals surface area contributed by atoms with E-state index in [1.165, 1.54) is 0 Å². The van der Waals surface area contributed by atoms with Gasteiger partial charge in [0.1, 0.15) is 13.8 Å². The Hall–Kier alpha value is 0.358. The summed E-state index contributed by atoms with van der Waals surface area (Å²) in [5, 5.41) is 0. The molecule has 0 atom stereocenters. The summed E-state index contributed by atoms with van der Waals surface area (Å²) in [7, 11) is 1.76. The van der Waals surface area contributed by atoms with Crippen molar-refractivity contribution in [3.8, 4) is 0 Å². The minimum atomic E-state index is 0.